The highest BCUT2D eigenvalue weighted by Crippen LogP contribution is 2.41. The Balaban J connectivity index is 1.69. The number of hydrogen-bond acceptors (Lipinski definition) is 9. The van der Waals surface area contributed by atoms with Crippen molar-refractivity contribution in [2.45, 2.75) is 26.2 Å². The van der Waals surface area contributed by atoms with Crippen molar-refractivity contribution < 1.29 is 19.1 Å². The molecular weight excluding hydrogens is 398 g/mol. The topological polar surface area (TPSA) is 102 Å². The van der Waals surface area contributed by atoms with Gasteiger partial charge in [0.25, 0.3) is 0 Å². The van der Waals surface area contributed by atoms with E-state index in [0.29, 0.717) is 22.3 Å². The first-order valence-electron chi connectivity index (χ1n) is 8.74. The van der Waals surface area contributed by atoms with Crippen LogP contribution in [0.3, 0.4) is 0 Å². The molecule has 0 amide bonds. The maximum atomic E-state index is 12.8. The zero-order chi connectivity index (χ0) is 20.1. The summed E-state index contributed by atoms with van der Waals surface area (Å²) in [5.41, 5.74) is 0.805. The van der Waals surface area contributed by atoms with Gasteiger partial charge >= 0.3 is 5.97 Å². The van der Waals surface area contributed by atoms with Crippen LogP contribution in [0.2, 0.25) is 0 Å². The number of rotatable bonds is 7. The van der Waals surface area contributed by atoms with Crippen molar-refractivity contribution in [3.8, 4) is 5.75 Å². The summed E-state index contributed by atoms with van der Waals surface area (Å²) in [4.78, 5) is 24.6. The molecule has 0 radical (unpaired) electrons. The molecule has 0 spiro atoms. The molecule has 0 aliphatic carbocycles. The van der Waals surface area contributed by atoms with E-state index in [9.17, 15) is 9.59 Å². The molecule has 9 heteroatoms. The number of nitrogens with zero attached hydrogens (tertiary/aromatic N) is 2. The number of Topliss-reactive ketones (excluding diaryl/α,β-unsaturated/α-hetero) is 1. The molecule has 2 aromatic rings. The fraction of sp³-hybridized carbons (Fsp3) is 0.316. The molecule has 0 saturated carbocycles. The third-order valence-corrected chi connectivity index (χ3v) is 5.99. The molecule has 1 N–H and O–H groups in total. The Morgan fingerprint density at radius 1 is 1.25 bits per heavy atom. The molecule has 1 fully saturated rings. The third-order valence-electron chi connectivity index (χ3n) is 3.86. The van der Waals surface area contributed by atoms with Crippen molar-refractivity contribution in [1.29, 1.82) is 5.41 Å². The van der Waals surface area contributed by atoms with Crippen LogP contribution in [-0.2, 0) is 20.7 Å². The minimum absolute atomic E-state index is 0.128. The molecule has 1 aliphatic rings. The van der Waals surface area contributed by atoms with Gasteiger partial charge in [0.15, 0.2) is 12.4 Å². The number of carbonyl (C=O) groups excluding carboxylic acids is 2. The van der Waals surface area contributed by atoms with Crippen molar-refractivity contribution >= 4 is 46.0 Å². The highest BCUT2D eigenvalue weighted by Gasteiger charge is 2.39. The molecule has 28 heavy (non-hydrogen) atoms. The minimum atomic E-state index is -0.652. The van der Waals surface area contributed by atoms with Gasteiger partial charge in [-0.2, -0.15) is 0 Å². The van der Waals surface area contributed by atoms with Gasteiger partial charge in [-0.3, -0.25) is 10.2 Å². The number of benzene rings is 1. The van der Waals surface area contributed by atoms with Crippen LogP contribution in [-0.4, -0.2) is 40.2 Å². The lowest BCUT2D eigenvalue weighted by molar-refractivity contribution is -0.145. The summed E-state index contributed by atoms with van der Waals surface area (Å²) in [5.74, 6) is -0.668. The number of aromatic nitrogens is 2. The lowest BCUT2D eigenvalue weighted by Crippen LogP contribution is -2.14. The Hall–Kier alpha value is -2.52. The Kier molecular flexibility index (Phi) is 6.58. The van der Waals surface area contributed by atoms with E-state index in [2.05, 4.69) is 10.2 Å². The molecule has 0 unspecified atom stereocenters. The highest BCUT2D eigenvalue weighted by atomic mass is 32.2. The van der Waals surface area contributed by atoms with Gasteiger partial charge in [0.1, 0.15) is 21.7 Å². The van der Waals surface area contributed by atoms with Crippen LogP contribution in [0.15, 0.2) is 29.2 Å². The molecule has 146 valence electrons. The molecule has 7 nitrogen and oxygen atoms in total. The summed E-state index contributed by atoms with van der Waals surface area (Å²) < 4.78 is 10.2. The van der Waals surface area contributed by atoms with Crippen LogP contribution in [0.1, 0.15) is 35.3 Å². The van der Waals surface area contributed by atoms with Gasteiger partial charge in [0.2, 0.25) is 0 Å². The largest absolute Gasteiger partial charge is 0.482 e. The Morgan fingerprint density at radius 2 is 2.00 bits per heavy atom. The number of nitrogens with one attached hydrogen (secondary N) is 1. The van der Waals surface area contributed by atoms with Gasteiger partial charge in [0.05, 0.1) is 16.6 Å². The quantitative estimate of drug-likeness (QED) is 0.544. The normalized spacial score (nSPS) is 17.9. The lowest BCUT2D eigenvalue weighted by Gasteiger charge is -2.06. The van der Waals surface area contributed by atoms with Crippen LogP contribution in [0.25, 0.3) is 6.08 Å². The van der Waals surface area contributed by atoms with E-state index in [1.165, 1.54) is 11.3 Å². The molecule has 2 heterocycles. The molecule has 0 bridgehead atoms. The number of allylic oxidation sites excluding steroid dienone is 1. The molecule has 1 atom stereocenters. The Bertz CT molecular complexity index is 922. The number of hydrogen-bond donors (Lipinski definition) is 1. The van der Waals surface area contributed by atoms with Crippen LogP contribution >= 0.6 is 23.1 Å². The first-order chi connectivity index (χ1) is 13.5. The van der Waals surface area contributed by atoms with Crippen LogP contribution in [0.4, 0.5) is 0 Å². The second kappa shape index (κ2) is 9.11. The number of esters is 1. The van der Waals surface area contributed by atoms with Crippen molar-refractivity contribution in [1.82, 2.24) is 10.2 Å². The smallest absolute Gasteiger partial charge is 0.344 e. The van der Waals surface area contributed by atoms with Gasteiger partial charge < -0.3 is 9.47 Å². The van der Waals surface area contributed by atoms with E-state index in [0.717, 1.165) is 28.8 Å². The summed E-state index contributed by atoms with van der Waals surface area (Å²) in [6.07, 6.45) is 2.50. The zero-order valence-corrected chi connectivity index (χ0v) is 17.1. The zero-order valence-electron chi connectivity index (χ0n) is 15.4. The lowest BCUT2D eigenvalue weighted by atomic mass is 10.1. The van der Waals surface area contributed by atoms with Crippen molar-refractivity contribution in [3.05, 3.63) is 44.7 Å². The van der Waals surface area contributed by atoms with E-state index in [-0.39, 0.29) is 17.4 Å². The van der Waals surface area contributed by atoms with Gasteiger partial charge in [-0.1, -0.05) is 30.8 Å². The maximum absolute atomic E-state index is 12.8. The van der Waals surface area contributed by atoms with Crippen LogP contribution < -0.4 is 4.74 Å². The SMILES string of the molecule is CCOC(=O)COc1ccc(/C=C2\SC(=N)[C@H](c3nnc(CC)s3)C2=O)cc1. The number of ether oxygens (including phenoxy) is 2. The van der Waals surface area contributed by atoms with Gasteiger partial charge in [-0.15, -0.1) is 21.5 Å². The van der Waals surface area contributed by atoms with E-state index < -0.39 is 11.9 Å². The fourth-order valence-corrected chi connectivity index (χ4v) is 4.45. The first-order valence-corrected chi connectivity index (χ1v) is 10.4. The summed E-state index contributed by atoms with van der Waals surface area (Å²) in [7, 11) is 0. The predicted molar refractivity (Wildman–Crippen MR) is 109 cm³/mol. The maximum Gasteiger partial charge on any atom is 0.344 e. The molecule has 1 aromatic heterocycles. The second-order valence-corrected chi connectivity index (χ2v) is 8.00. The summed E-state index contributed by atoms with van der Waals surface area (Å²) in [5, 5.41) is 18.0. The van der Waals surface area contributed by atoms with E-state index in [1.807, 2.05) is 6.92 Å². The third kappa shape index (κ3) is 4.66. The summed E-state index contributed by atoms with van der Waals surface area (Å²) in [6.45, 7) is 3.88. The van der Waals surface area contributed by atoms with Crippen LogP contribution in [0.5, 0.6) is 5.75 Å². The van der Waals surface area contributed by atoms with E-state index >= 15 is 0 Å². The minimum Gasteiger partial charge on any atom is -0.482 e. The monoisotopic (exact) mass is 417 g/mol. The molecule has 1 saturated heterocycles. The summed E-state index contributed by atoms with van der Waals surface area (Å²) >= 11 is 2.53. The average molecular weight is 418 g/mol. The first kappa shape index (κ1) is 20.2. The molecule has 1 aromatic carbocycles. The van der Waals surface area contributed by atoms with Crippen molar-refractivity contribution in [2.24, 2.45) is 0 Å². The van der Waals surface area contributed by atoms with Crippen molar-refractivity contribution in [2.75, 3.05) is 13.2 Å². The van der Waals surface area contributed by atoms with E-state index in [1.54, 1.807) is 37.3 Å². The molecular formula is C19H19N3O4S2. The Labute approximate surface area is 170 Å². The Morgan fingerprint density at radius 3 is 2.64 bits per heavy atom. The predicted octanol–water partition coefficient (Wildman–Crippen LogP) is 3.46. The number of aryl methyl sites for hydroxylation is 1. The van der Waals surface area contributed by atoms with Gasteiger partial charge in [-0.05, 0) is 37.1 Å². The summed E-state index contributed by atoms with van der Waals surface area (Å²) in [6, 6.07) is 7.02. The number of thioether (sulfide) groups is 1. The fourth-order valence-electron chi connectivity index (χ4n) is 2.50. The average Bonchev–Trinajstić information content (AvgIpc) is 3.25. The second-order valence-electron chi connectivity index (χ2n) is 5.82. The van der Waals surface area contributed by atoms with E-state index in [4.69, 9.17) is 14.9 Å². The van der Waals surface area contributed by atoms with Gasteiger partial charge in [0, 0.05) is 0 Å². The highest BCUT2D eigenvalue weighted by molar-refractivity contribution is 8.19. The van der Waals surface area contributed by atoms with Crippen molar-refractivity contribution in [3.63, 3.8) is 0 Å². The standard InChI is InChI=1S/C19H19N3O4S2/c1-3-14-21-22-19(28-14)16-17(24)13(27-18(16)20)9-11-5-7-12(8-6-11)26-10-15(23)25-4-2/h5-9,16,20H,3-4,10H2,1-2H3/b13-9-,20-18?/t16-/m1/s1. The molecule has 1 aliphatic heterocycles. The molecule has 3 rings (SSSR count). The number of carbonyl (C=O) groups is 2. The number of ketones is 1. The van der Waals surface area contributed by atoms with Gasteiger partial charge in [-0.25, -0.2) is 4.79 Å². The van der Waals surface area contributed by atoms with Crippen LogP contribution in [0, 0.1) is 5.41 Å².